The third-order valence-corrected chi connectivity index (χ3v) is 4.70. The number of nitrogens with one attached hydrogen (secondary N) is 1. The van der Waals surface area contributed by atoms with Crippen molar-refractivity contribution in [1.29, 1.82) is 0 Å². The molecule has 0 aromatic heterocycles. The second-order valence-corrected chi connectivity index (χ2v) is 6.41. The molecule has 110 valence electrons. The zero-order valence-electron chi connectivity index (χ0n) is 12.2. The second-order valence-electron chi connectivity index (χ2n) is 5.24. The minimum Gasteiger partial charge on any atom is -0.345 e. The molecule has 22 heavy (non-hydrogen) atoms. The number of halogens is 1. The van der Waals surface area contributed by atoms with Crippen LogP contribution in [0.1, 0.15) is 28.9 Å². The van der Waals surface area contributed by atoms with E-state index < -0.39 is 0 Å². The molecule has 3 aromatic carbocycles. The van der Waals surface area contributed by atoms with Gasteiger partial charge >= 0.3 is 0 Å². The molecule has 0 heterocycles. The van der Waals surface area contributed by atoms with Gasteiger partial charge in [0.15, 0.2) is 0 Å². The third-order valence-electron chi connectivity index (χ3n) is 3.76. The van der Waals surface area contributed by atoms with Gasteiger partial charge in [0.05, 0.1) is 11.6 Å². The van der Waals surface area contributed by atoms with Crippen molar-refractivity contribution in [3.63, 3.8) is 0 Å². The van der Waals surface area contributed by atoms with Gasteiger partial charge < -0.3 is 5.32 Å². The minimum atomic E-state index is -0.0467. The van der Waals surface area contributed by atoms with Crippen LogP contribution in [0.15, 0.2) is 66.7 Å². The van der Waals surface area contributed by atoms with Gasteiger partial charge in [-0.2, -0.15) is 0 Å². The van der Waals surface area contributed by atoms with Gasteiger partial charge in [-0.15, -0.1) is 0 Å². The van der Waals surface area contributed by atoms with E-state index in [1.54, 1.807) is 0 Å². The lowest BCUT2D eigenvalue weighted by Gasteiger charge is -2.17. The van der Waals surface area contributed by atoms with E-state index in [2.05, 4.69) is 52.2 Å². The Balaban J connectivity index is 1.89. The average molecular weight is 401 g/mol. The van der Waals surface area contributed by atoms with E-state index in [1.165, 1.54) is 10.8 Å². The van der Waals surface area contributed by atoms with Crippen molar-refractivity contribution in [2.24, 2.45) is 0 Å². The van der Waals surface area contributed by atoms with Gasteiger partial charge in [0.1, 0.15) is 0 Å². The first-order valence-corrected chi connectivity index (χ1v) is 8.28. The third kappa shape index (κ3) is 2.99. The number of benzene rings is 3. The summed E-state index contributed by atoms with van der Waals surface area (Å²) >= 11 is 2.19. The molecule has 0 saturated carbocycles. The van der Waals surface area contributed by atoms with Crippen LogP contribution in [0.3, 0.4) is 0 Å². The summed E-state index contributed by atoms with van der Waals surface area (Å²) in [6.07, 6.45) is 0. The van der Waals surface area contributed by atoms with Crippen LogP contribution >= 0.6 is 22.6 Å². The van der Waals surface area contributed by atoms with Gasteiger partial charge in [-0.25, -0.2) is 0 Å². The molecule has 0 saturated heterocycles. The average Bonchev–Trinajstić information content (AvgIpc) is 2.54. The van der Waals surface area contributed by atoms with Crippen LogP contribution < -0.4 is 5.32 Å². The van der Waals surface area contributed by atoms with Gasteiger partial charge in [-0.1, -0.05) is 54.6 Å². The summed E-state index contributed by atoms with van der Waals surface area (Å²) in [4.78, 5) is 12.5. The Morgan fingerprint density at radius 1 is 0.955 bits per heavy atom. The van der Waals surface area contributed by atoms with Crippen LogP contribution in [-0.2, 0) is 0 Å². The van der Waals surface area contributed by atoms with E-state index in [0.29, 0.717) is 0 Å². The van der Waals surface area contributed by atoms with E-state index in [9.17, 15) is 4.79 Å². The second kappa shape index (κ2) is 6.48. The van der Waals surface area contributed by atoms with E-state index in [4.69, 9.17) is 0 Å². The number of carbonyl (C=O) groups is 1. The molecule has 0 aliphatic carbocycles. The van der Waals surface area contributed by atoms with Gasteiger partial charge in [0.25, 0.3) is 5.91 Å². The Hall–Kier alpha value is -1.88. The Morgan fingerprint density at radius 3 is 2.45 bits per heavy atom. The highest BCUT2D eigenvalue weighted by Crippen LogP contribution is 2.24. The summed E-state index contributed by atoms with van der Waals surface area (Å²) < 4.78 is 0.961. The van der Waals surface area contributed by atoms with Gasteiger partial charge in [0.2, 0.25) is 0 Å². The number of carbonyl (C=O) groups excluding carboxylic acids is 1. The van der Waals surface area contributed by atoms with Gasteiger partial charge in [-0.05, 0) is 58.0 Å². The lowest BCUT2D eigenvalue weighted by Crippen LogP contribution is -2.27. The zero-order chi connectivity index (χ0) is 15.5. The summed E-state index contributed by atoms with van der Waals surface area (Å²) in [5.74, 6) is -0.0366. The normalized spacial score (nSPS) is 12.1. The summed E-state index contributed by atoms with van der Waals surface area (Å²) in [6.45, 7) is 2.02. The highest BCUT2D eigenvalue weighted by molar-refractivity contribution is 14.1. The predicted molar refractivity (Wildman–Crippen MR) is 99.0 cm³/mol. The van der Waals surface area contributed by atoms with Crippen LogP contribution in [0.4, 0.5) is 0 Å². The summed E-state index contributed by atoms with van der Waals surface area (Å²) in [5.41, 5.74) is 1.85. The fourth-order valence-corrected chi connectivity index (χ4v) is 3.26. The van der Waals surface area contributed by atoms with Crippen LogP contribution in [0.2, 0.25) is 0 Å². The SMILES string of the molecule is CC(NC(=O)c1ccccc1I)c1cccc2ccccc12. The molecular weight excluding hydrogens is 385 g/mol. The van der Waals surface area contributed by atoms with Crippen molar-refractivity contribution >= 4 is 39.3 Å². The quantitative estimate of drug-likeness (QED) is 0.620. The molecule has 2 nitrogen and oxygen atoms in total. The van der Waals surface area contributed by atoms with E-state index >= 15 is 0 Å². The van der Waals surface area contributed by atoms with Crippen molar-refractivity contribution < 1.29 is 4.79 Å². The molecule has 0 aliphatic rings. The minimum absolute atomic E-state index is 0.0366. The molecule has 1 unspecified atom stereocenters. The van der Waals surface area contributed by atoms with Crippen molar-refractivity contribution in [1.82, 2.24) is 5.32 Å². The fourth-order valence-electron chi connectivity index (χ4n) is 2.63. The molecule has 0 bridgehead atoms. The molecular formula is C19H16INO. The molecule has 3 aromatic rings. The lowest BCUT2D eigenvalue weighted by atomic mass is 9.99. The standard InChI is InChI=1S/C19H16INO/c1-13(21-19(22)17-10-4-5-12-18(17)20)15-11-6-8-14-7-2-3-9-16(14)15/h2-13H,1H3,(H,21,22). The van der Waals surface area contributed by atoms with Crippen molar-refractivity contribution in [2.45, 2.75) is 13.0 Å². The Kier molecular flexibility index (Phi) is 4.43. The first kappa shape index (κ1) is 15.0. The fraction of sp³-hybridized carbons (Fsp3) is 0.105. The molecule has 0 aliphatic heterocycles. The lowest BCUT2D eigenvalue weighted by molar-refractivity contribution is 0.0939. The molecule has 1 atom stereocenters. The first-order valence-electron chi connectivity index (χ1n) is 7.20. The maximum atomic E-state index is 12.5. The number of rotatable bonds is 3. The van der Waals surface area contributed by atoms with Crippen molar-refractivity contribution in [2.75, 3.05) is 0 Å². The predicted octanol–water partition coefficient (Wildman–Crippen LogP) is 4.94. The summed E-state index contributed by atoms with van der Waals surface area (Å²) in [5, 5.41) is 5.47. The number of amides is 1. The maximum Gasteiger partial charge on any atom is 0.252 e. The topological polar surface area (TPSA) is 29.1 Å². The Labute approximate surface area is 143 Å². The molecule has 0 fully saturated rings. The molecule has 3 rings (SSSR count). The van der Waals surface area contributed by atoms with E-state index in [1.807, 2.05) is 49.4 Å². The monoisotopic (exact) mass is 401 g/mol. The number of hydrogen-bond donors (Lipinski definition) is 1. The largest absolute Gasteiger partial charge is 0.345 e. The molecule has 1 amide bonds. The number of hydrogen-bond acceptors (Lipinski definition) is 1. The molecule has 0 radical (unpaired) electrons. The van der Waals surface area contributed by atoms with Crippen LogP contribution in [0.25, 0.3) is 10.8 Å². The summed E-state index contributed by atoms with van der Waals surface area (Å²) in [6, 6.07) is 22.0. The van der Waals surface area contributed by atoms with Crippen molar-refractivity contribution in [3.8, 4) is 0 Å². The highest BCUT2D eigenvalue weighted by atomic mass is 127. The van der Waals surface area contributed by atoms with E-state index in [0.717, 1.165) is 14.7 Å². The van der Waals surface area contributed by atoms with Crippen LogP contribution in [0.5, 0.6) is 0 Å². The van der Waals surface area contributed by atoms with Crippen LogP contribution in [-0.4, -0.2) is 5.91 Å². The van der Waals surface area contributed by atoms with Gasteiger partial charge in [0, 0.05) is 3.57 Å². The van der Waals surface area contributed by atoms with Crippen LogP contribution in [0, 0.1) is 3.57 Å². The van der Waals surface area contributed by atoms with Crippen molar-refractivity contribution in [3.05, 3.63) is 81.4 Å². The smallest absolute Gasteiger partial charge is 0.252 e. The maximum absolute atomic E-state index is 12.5. The zero-order valence-corrected chi connectivity index (χ0v) is 14.4. The molecule has 3 heteroatoms. The Bertz CT molecular complexity index is 823. The number of fused-ring (bicyclic) bond motifs is 1. The first-order chi connectivity index (χ1) is 10.7. The highest BCUT2D eigenvalue weighted by Gasteiger charge is 2.15. The Morgan fingerprint density at radius 2 is 1.64 bits per heavy atom. The molecule has 0 spiro atoms. The summed E-state index contributed by atoms with van der Waals surface area (Å²) in [7, 11) is 0. The van der Waals surface area contributed by atoms with E-state index in [-0.39, 0.29) is 11.9 Å². The van der Waals surface area contributed by atoms with Gasteiger partial charge in [-0.3, -0.25) is 4.79 Å². The molecule has 1 N–H and O–H groups in total.